The third-order valence-corrected chi connectivity index (χ3v) is 5.87. The predicted molar refractivity (Wildman–Crippen MR) is 103 cm³/mol. The monoisotopic (exact) mass is 441 g/mol. The number of anilines is 1. The lowest BCUT2D eigenvalue weighted by molar-refractivity contribution is -0.141. The van der Waals surface area contributed by atoms with Gasteiger partial charge in [-0.05, 0) is 66.2 Å². The average Bonchev–Trinajstić information content (AvgIpc) is 2.61. The molecule has 0 fully saturated rings. The van der Waals surface area contributed by atoms with Crippen LogP contribution in [0.4, 0.5) is 5.69 Å². The largest absolute Gasteiger partial charge is 0.494 e. The Hall–Kier alpha value is -2.06. The molecular weight excluding hydrogens is 422 g/mol. The molecule has 0 saturated carbocycles. The number of carbonyl (C=O) groups excluding carboxylic acids is 1. The van der Waals surface area contributed by atoms with Crippen molar-refractivity contribution in [2.24, 2.45) is 0 Å². The molecule has 8 heteroatoms. The molecule has 0 spiro atoms. The predicted octanol–water partition coefficient (Wildman–Crippen LogP) is 3.61. The highest BCUT2D eigenvalue weighted by Gasteiger charge is 2.29. The first-order valence-electron chi connectivity index (χ1n) is 8.06. The molecule has 0 unspecified atom stereocenters. The lowest BCUT2D eigenvalue weighted by atomic mass is 10.3. The molecule has 26 heavy (non-hydrogen) atoms. The Morgan fingerprint density at radius 3 is 2.27 bits per heavy atom. The average molecular weight is 442 g/mol. The zero-order chi connectivity index (χ0) is 19.2. The van der Waals surface area contributed by atoms with Gasteiger partial charge in [0.15, 0.2) is 0 Å². The lowest BCUT2D eigenvalue weighted by Crippen LogP contribution is -2.36. The third kappa shape index (κ3) is 4.76. The topological polar surface area (TPSA) is 72.9 Å². The summed E-state index contributed by atoms with van der Waals surface area (Å²) in [5, 5.41) is 0. The molecular formula is C18H20BrNO5S. The molecule has 0 bridgehead atoms. The van der Waals surface area contributed by atoms with E-state index in [-0.39, 0.29) is 11.5 Å². The van der Waals surface area contributed by atoms with E-state index in [0.717, 1.165) is 4.31 Å². The Bertz CT molecular complexity index is 852. The van der Waals surface area contributed by atoms with Gasteiger partial charge < -0.3 is 9.47 Å². The second kappa shape index (κ2) is 9.05. The van der Waals surface area contributed by atoms with Crippen molar-refractivity contribution < 1.29 is 22.7 Å². The third-order valence-electron chi connectivity index (χ3n) is 3.42. The second-order valence-electron chi connectivity index (χ2n) is 5.17. The number of sulfonamides is 1. The van der Waals surface area contributed by atoms with Crippen molar-refractivity contribution in [3.8, 4) is 5.75 Å². The summed E-state index contributed by atoms with van der Waals surface area (Å²) in [6.07, 6.45) is 0. The normalized spacial score (nSPS) is 11.0. The van der Waals surface area contributed by atoms with Gasteiger partial charge in [-0.3, -0.25) is 9.10 Å². The fraction of sp³-hybridized carbons (Fsp3) is 0.278. The van der Waals surface area contributed by atoms with Gasteiger partial charge in [-0.25, -0.2) is 8.42 Å². The number of hydrogen-bond acceptors (Lipinski definition) is 5. The summed E-state index contributed by atoms with van der Waals surface area (Å²) in [6.45, 7) is 3.75. The highest BCUT2D eigenvalue weighted by Crippen LogP contribution is 2.31. The summed E-state index contributed by atoms with van der Waals surface area (Å²) in [7, 11) is -3.97. The fourth-order valence-electron chi connectivity index (χ4n) is 2.28. The van der Waals surface area contributed by atoms with Gasteiger partial charge in [0.25, 0.3) is 10.0 Å². The van der Waals surface area contributed by atoms with E-state index in [1.54, 1.807) is 43.3 Å². The Balaban J connectivity index is 2.45. The van der Waals surface area contributed by atoms with Crippen molar-refractivity contribution in [3.05, 3.63) is 53.0 Å². The molecule has 0 aliphatic rings. The molecule has 0 aliphatic carbocycles. The molecule has 0 amide bonds. The van der Waals surface area contributed by atoms with Crippen LogP contribution in [0.5, 0.6) is 5.75 Å². The first kappa shape index (κ1) is 20.3. The van der Waals surface area contributed by atoms with Crippen molar-refractivity contribution in [2.45, 2.75) is 18.7 Å². The van der Waals surface area contributed by atoms with Crippen LogP contribution in [0.3, 0.4) is 0 Å². The Labute approximate surface area is 161 Å². The molecule has 140 valence electrons. The standard InChI is InChI=1S/C18H20BrNO5S/c1-3-24-14-9-11-15(12-10-14)26(22,23)20(13-18(21)25-4-2)17-8-6-5-7-16(17)19/h5-12H,3-4,13H2,1-2H3. The molecule has 2 rings (SSSR count). The van der Waals surface area contributed by atoms with Crippen LogP contribution in [0.15, 0.2) is 57.9 Å². The number of rotatable bonds is 8. The van der Waals surface area contributed by atoms with E-state index in [1.807, 2.05) is 6.92 Å². The SMILES string of the molecule is CCOC(=O)CN(c1ccccc1Br)S(=O)(=O)c1ccc(OCC)cc1. The van der Waals surface area contributed by atoms with Crippen LogP contribution < -0.4 is 9.04 Å². The number of hydrogen-bond donors (Lipinski definition) is 0. The quantitative estimate of drug-likeness (QED) is 0.585. The highest BCUT2D eigenvalue weighted by molar-refractivity contribution is 9.10. The number of esters is 1. The highest BCUT2D eigenvalue weighted by atomic mass is 79.9. The van der Waals surface area contributed by atoms with E-state index >= 15 is 0 Å². The van der Waals surface area contributed by atoms with E-state index in [9.17, 15) is 13.2 Å². The van der Waals surface area contributed by atoms with Gasteiger partial charge in [-0.2, -0.15) is 0 Å². The summed E-state index contributed by atoms with van der Waals surface area (Å²) in [5.74, 6) is -0.0537. The van der Waals surface area contributed by atoms with Crippen LogP contribution in [0.1, 0.15) is 13.8 Å². The lowest BCUT2D eigenvalue weighted by Gasteiger charge is -2.24. The van der Waals surface area contributed by atoms with Crippen LogP contribution in [0.2, 0.25) is 0 Å². The van der Waals surface area contributed by atoms with Crippen molar-refractivity contribution in [1.29, 1.82) is 0 Å². The Kier molecular flexibility index (Phi) is 7.05. The molecule has 0 N–H and O–H groups in total. The minimum absolute atomic E-state index is 0.0565. The number of benzene rings is 2. The second-order valence-corrected chi connectivity index (χ2v) is 7.89. The zero-order valence-corrected chi connectivity index (χ0v) is 16.9. The van der Waals surface area contributed by atoms with Gasteiger partial charge >= 0.3 is 5.97 Å². The molecule has 0 saturated heterocycles. The van der Waals surface area contributed by atoms with Crippen LogP contribution in [-0.2, 0) is 19.6 Å². The minimum Gasteiger partial charge on any atom is -0.494 e. The maximum Gasteiger partial charge on any atom is 0.326 e. The molecule has 0 atom stereocenters. The van der Waals surface area contributed by atoms with Crippen LogP contribution in [-0.4, -0.2) is 34.1 Å². The Morgan fingerprint density at radius 1 is 1.04 bits per heavy atom. The van der Waals surface area contributed by atoms with E-state index in [2.05, 4.69) is 15.9 Å². The van der Waals surface area contributed by atoms with Crippen molar-refractivity contribution >= 4 is 37.6 Å². The molecule has 0 radical (unpaired) electrons. The van der Waals surface area contributed by atoms with Gasteiger partial charge in [-0.1, -0.05) is 12.1 Å². The number of carbonyl (C=O) groups is 1. The van der Waals surface area contributed by atoms with Crippen molar-refractivity contribution in [3.63, 3.8) is 0 Å². The number of ether oxygens (including phenoxy) is 2. The first-order chi connectivity index (χ1) is 12.4. The number of para-hydroxylation sites is 1. The summed E-state index contributed by atoms with van der Waals surface area (Å²) in [4.78, 5) is 12.0. The summed E-state index contributed by atoms with van der Waals surface area (Å²) in [6, 6.07) is 12.9. The zero-order valence-electron chi connectivity index (χ0n) is 14.5. The molecule has 0 aliphatic heterocycles. The van der Waals surface area contributed by atoms with Crippen LogP contribution in [0.25, 0.3) is 0 Å². The minimum atomic E-state index is -3.97. The molecule has 0 heterocycles. The molecule has 0 aromatic heterocycles. The summed E-state index contributed by atoms with van der Waals surface area (Å²) >= 11 is 3.34. The summed E-state index contributed by atoms with van der Waals surface area (Å²) in [5.41, 5.74) is 0.356. The van der Waals surface area contributed by atoms with Gasteiger partial charge in [0, 0.05) is 4.47 Å². The number of nitrogens with zero attached hydrogens (tertiary/aromatic N) is 1. The van der Waals surface area contributed by atoms with Crippen LogP contribution in [0, 0.1) is 0 Å². The van der Waals surface area contributed by atoms with Crippen molar-refractivity contribution in [2.75, 3.05) is 24.1 Å². The molecule has 6 nitrogen and oxygen atoms in total. The van der Waals surface area contributed by atoms with Gasteiger partial charge in [0.1, 0.15) is 12.3 Å². The van der Waals surface area contributed by atoms with Gasteiger partial charge in [-0.15, -0.1) is 0 Å². The van der Waals surface area contributed by atoms with Gasteiger partial charge in [0.2, 0.25) is 0 Å². The smallest absolute Gasteiger partial charge is 0.326 e. The van der Waals surface area contributed by atoms with E-state index in [0.29, 0.717) is 22.5 Å². The molecule has 2 aromatic carbocycles. The maximum absolute atomic E-state index is 13.2. The van der Waals surface area contributed by atoms with Gasteiger partial charge in [0.05, 0.1) is 23.8 Å². The number of halogens is 1. The fourth-order valence-corrected chi connectivity index (χ4v) is 4.32. The van der Waals surface area contributed by atoms with Crippen molar-refractivity contribution in [1.82, 2.24) is 0 Å². The summed E-state index contributed by atoms with van der Waals surface area (Å²) < 4.78 is 38.2. The Morgan fingerprint density at radius 2 is 1.69 bits per heavy atom. The van der Waals surface area contributed by atoms with E-state index < -0.39 is 22.5 Å². The van der Waals surface area contributed by atoms with E-state index in [1.165, 1.54) is 12.1 Å². The first-order valence-corrected chi connectivity index (χ1v) is 10.3. The molecule has 2 aromatic rings. The van der Waals surface area contributed by atoms with Crippen LogP contribution >= 0.6 is 15.9 Å². The maximum atomic E-state index is 13.2. The van der Waals surface area contributed by atoms with E-state index in [4.69, 9.17) is 9.47 Å².